The summed E-state index contributed by atoms with van der Waals surface area (Å²) in [4.78, 5) is 24.8. The summed E-state index contributed by atoms with van der Waals surface area (Å²) >= 11 is 0. The normalized spacial score (nSPS) is 18.6. The number of rotatable bonds is 6. The van der Waals surface area contributed by atoms with E-state index in [-0.39, 0.29) is 18.0 Å². The molecule has 0 heterocycles. The van der Waals surface area contributed by atoms with Gasteiger partial charge in [-0.2, -0.15) is 0 Å². The molecule has 0 unspecified atom stereocenters. The first kappa shape index (κ1) is 16.9. The number of urea groups is 1. The maximum absolute atomic E-state index is 11.8. The number of nitrogens with one attached hydrogen (secondary N) is 1. The molecule has 0 saturated heterocycles. The van der Waals surface area contributed by atoms with E-state index in [1.807, 2.05) is 0 Å². The van der Waals surface area contributed by atoms with Gasteiger partial charge in [0.2, 0.25) is 5.91 Å². The topological polar surface area (TPSA) is 101 Å². The first-order valence-corrected chi connectivity index (χ1v) is 7.58. The van der Waals surface area contributed by atoms with E-state index in [1.54, 1.807) is 0 Å². The van der Waals surface area contributed by atoms with Crippen LogP contribution in [-0.2, 0) is 4.79 Å². The fraction of sp³-hybridized carbons (Fsp3) is 0.857. The van der Waals surface area contributed by atoms with Gasteiger partial charge in [0.25, 0.3) is 0 Å². The molecule has 0 aromatic heterocycles. The van der Waals surface area contributed by atoms with Crippen molar-refractivity contribution in [1.82, 2.24) is 10.2 Å². The molecule has 0 aromatic rings. The SMILES string of the molecule is CCCN(CC(=O)NC(N)=O)C1(CN)CCCCCC1. The highest BCUT2D eigenvalue weighted by molar-refractivity contribution is 5.94. The third-order valence-corrected chi connectivity index (χ3v) is 4.18. The van der Waals surface area contributed by atoms with Crippen LogP contribution in [0.1, 0.15) is 51.9 Å². The van der Waals surface area contributed by atoms with E-state index in [9.17, 15) is 9.59 Å². The maximum Gasteiger partial charge on any atom is 0.318 e. The van der Waals surface area contributed by atoms with Gasteiger partial charge in [-0.05, 0) is 25.8 Å². The van der Waals surface area contributed by atoms with Crippen LogP contribution in [0.15, 0.2) is 0 Å². The number of amides is 3. The minimum Gasteiger partial charge on any atom is -0.351 e. The van der Waals surface area contributed by atoms with Gasteiger partial charge in [-0.15, -0.1) is 0 Å². The Morgan fingerprint density at radius 2 is 1.80 bits per heavy atom. The van der Waals surface area contributed by atoms with Gasteiger partial charge in [0, 0.05) is 12.1 Å². The van der Waals surface area contributed by atoms with Gasteiger partial charge in [0.15, 0.2) is 0 Å². The molecule has 1 rings (SSSR count). The summed E-state index contributed by atoms with van der Waals surface area (Å²) < 4.78 is 0. The number of hydrogen-bond acceptors (Lipinski definition) is 4. The number of carbonyl (C=O) groups is 2. The molecule has 6 heteroatoms. The number of carbonyl (C=O) groups excluding carboxylic acids is 2. The van der Waals surface area contributed by atoms with Gasteiger partial charge in [0.05, 0.1) is 6.54 Å². The Hall–Kier alpha value is -1.14. The lowest BCUT2D eigenvalue weighted by atomic mass is 9.87. The Morgan fingerprint density at radius 3 is 2.25 bits per heavy atom. The average Bonchev–Trinajstić information content (AvgIpc) is 2.63. The molecule has 1 fully saturated rings. The van der Waals surface area contributed by atoms with Crippen LogP contribution in [0.3, 0.4) is 0 Å². The predicted octanol–water partition coefficient (Wildman–Crippen LogP) is 0.945. The Labute approximate surface area is 121 Å². The zero-order valence-electron chi connectivity index (χ0n) is 12.5. The van der Waals surface area contributed by atoms with E-state index in [4.69, 9.17) is 11.5 Å². The van der Waals surface area contributed by atoms with Gasteiger partial charge in [-0.1, -0.05) is 32.6 Å². The van der Waals surface area contributed by atoms with Crippen molar-refractivity contribution in [3.05, 3.63) is 0 Å². The molecule has 1 aliphatic carbocycles. The van der Waals surface area contributed by atoms with Crippen LogP contribution in [0.5, 0.6) is 0 Å². The molecule has 6 nitrogen and oxygen atoms in total. The molecule has 0 aliphatic heterocycles. The van der Waals surface area contributed by atoms with E-state index in [0.29, 0.717) is 6.54 Å². The van der Waals surface area contributed by atoms with Crippen LogP contribution in [0, 0.1) is 0 Å². The molecule has 20 heavy (non-hydrogen) atoms. The van der Waals surface area contributed by atoms with Crippen LogP contribution in [0.25, 0.3) is 0 Å². The zero-order chi connectivity index (χ0) is 15.0. The minimum absolute atomic E-state index is 0.110. The van der Waals surface area contributed by atoms with Crippen LogP contribution < -0.4 is 16.8 Å². The van der Waals surface area contributed by atoms with Gasteiger partial charge >= 0.3 is 6.03 Å². The summed E-state index contributed by atoms with van der Waals surface area (Å²) in [6.45, 7) is 3.63. The highest BCUT2D eigenvalue weighted by Gasteiger charge is 2.36. The lowest BCUT2D eigenvalue weighted by molar-refractivity contribution is -0.123. The maximum atomic E-state index is 11.8. The third-order valence-electron chi connectivity index (χ3n) is 4.18. The first-order chi connectivity index (χ1) is 9.54. The molecule has 0 radical (unpaired) electrons. The summed E-state index contributed by atoms with van der Waals surface area (Å²) in [7, 11) is 0. The Bertz CT molecular complexity index is 325. The predicted molar refractivity (Wildman–Crippen MR) is 79.1 cm³/mol. The largest absolute Gasteiger partial charge is 0.351 e. The lowest BCUT2D eigenvalue weighted by Gasteiger charge is -2.42. The quantitative estimate of drug-likeness (QED) is 0.632. The highest BCUT2D eigenvalue weighted by atomic mass is 16.2. The van der Waals surface area contributed by atoms with Crippen LogP contribution in [-0.4, -0.2) is 42.0 Å². The number of imide groups is 1. The summed E-state index contributed by atoms with van der Waals surface area (Å²) in [5.74, 6) is -0.344. The van der Waals surface area contributed by atoms with Crippen molar-refractivity contribution >= 4 is 11.9 Å². The highest BCUT2D eigenvalue weighted by Crippen LogP contribution is 2.31. The molecule has 0 atom stereocenters. The molecule has 3 amide bonds. The smallest absolute Gasteiger partial charge is 0.318 e. The fourth-order valence-corrected chi connectivity index (χ4v) is 3.14. The van der Waals surface area contributed by atoms with Gasteiger partial charge in [0.1, 0.15) is 0 Å². The number of nitrogens with zero attached hydrogens (tertiary/aromatic N) is 1. The number of hydrogen-bond donors (Lipinski definition) is 3. The standard InChI is InChI=1S/C14H28N4O2/c1-2-9-18(10-12(19)17-13(16)20)14(11-15)7-5-3-4-6-8-14/h2-11,15H2,1H3,(H3,16,17,19,20). The van der Waals surface area contributed by atoms with Crippen molar-refractivity contribution in [3.63, 3.8) is 0 Å². The first-order valence-electron chi connectivity index (χ1n) is 7.58. The van der Waals surface area contributed by atoms with Crippen molar-refractivity contribution in [3.8, 4) is 0 Å². The van der Waals surface area contributed by atoms with Gasteiger partial charge in [-0.25, -0.2) is 4.79 Å². The molecule has 0 spiro atoms. The number of nitrogens with two attached hydrogens (primary N) is 2. The van der Waals surface area contributed by atoms with Gasteiger partial charge < -0.3 is 11.5 Å². The number of primary amides is 1. The summed E-state index contributed by atoms with van der Waals surface area (Å²) in [6.07, 6.45) is 7.75. The Balaban J connectivity index is 2.79. The second-order valence-corrected chi connectivity index (χ2v) is 5.68. The van der Waals surface area contributed by atoms with Gasteiger partial charge in [-0.3, -0.25) is 15.0 Å². The summed E-state index contributed by atoms with van der Waals surface area (Å²) in [6, 6.07) is -0.797. The Kier molecular flexibility index (Phi) is 6.95. The summed E-state index contributed by atoms with van der Waals surface area (Å²) in [5.41, 5.74) is 10.9. The molecule has 1 saturated carbocycles. The molecule has 1 aliphatic rings. The molecule has 0 aromatic carbocycles. The minimum atomic E-state index is -0.797. The van der Waals surface area contributed by atoms with Crippen molar-refractivity contribution < 1.29 is 9.59 Å². The van der Waals surface area contributed by atoms with E-state index in [0.717, 1.165) is 38.6 Å². The third kappa shape index (κ3) is 4.76. The van der Waals surface area contributed by atoms with Crippen molar-refractivity contribution in [2.45, 2.75) is 57.4 Å². The summed E-state index contributed by atoms with van der Waals surface area (Å²) in [5, 5.41) is 2.15. The van der Waals surface area contributed by atoms with E-state index < -0.39 is 6.03 Å². The van der Waals surface area contributed by atoms with Crippen molar-refractivity contribution in [1.29, 1.82) is 0 Å². The van der Waals surface area contributed by atoms with Crippen LogP contribution in [0.2, 0.25) is 0 Å². The van der Waals surface area contributed by atoms with E-state index in [2.05, 4.69) is 17.1 Å². The van der Waals surface area contributed by atoms with Crippen LogP contribution in [0.4, 0.5) is 4.79 Å². The Morgan fingerprint density at radius 1 is 1.20 bits per heavy atom. The molecule has 5 N–H and O–H groups in total. The molecule has 116 valence electrons. The monoisotopic (exact) mass is 284 g/mol. The average molecular weight is 284 g/mol. The molecular formula is C14H28N4O2. The van der Waals surface area contributed by atoms with Crippen LogP contribution >= 0.6 is 0 Å². The van der Waals surface area contributed by atoms with E-state index >= 15 is 0 Å². The molecular weight excluding hydrogens is 256 g/mol. The molecule has 0 bridgehead atoms. The van der Waals surface area contributed by atoms with E-state index in [1.165, 1.54) is 12.8 Å². The second kappa shape index (κ2) is 8.21. The fourth-order valence-electron chi connectivity index (χ4n) is 3.14. The zero-order valence-corrected chi connectivity index (χ0v) is 12.5. The second-order valence-electron chi connectivity index (χ2n) is 5.68. The van der Waals surface area contributed by atoms with Crippen molar-refractivity contribution in [2.24, 2.45) is 11.5 Å². The van der Waals surface area contributed by atoms with Crippen molar-refractivity contribution in [2.75, 3.05) is 19.6 Å². The lowest BCUT2D eigenvalue weighted by Crippen LogP contribution is -2.57.